The third-order valence-corrected chi connectivity index (χ3v) is 1.57. The third kappa shape index (κ3) is 0.867. The van der Waals surface area contributed by atoms with Crippen LogP contribution in [0.25, 0.3) is 11.2 Å². The molecule has 2 heterocycles. The summed E-state index contributed by atoms with van der Waals surface area (Å²) in [5.41, 5.74) is 0.510. The first-order valence-corrected chi connectivity index (χ1v) is 3.22. The van der Waals surface area contributed by atoms with E-state index in [2.05, 4.69) is 15.0 Å². The number of rotatable bonds is 0. The van der Waals surface area contributed by atoms with Crippen molar-refractivity contribution in [3.8, 4) is 0 Å². The van der Waals surface area contributed by atoms with E-state index in [0.717, 1.165) is 4.57 Å². The number of nitrogens with zero attached hydrogens (tertiary/aromatic N) is 4. The van der Waals surface area contributed by atoms with E-state index in [9.17, 15) is 0 Å². The summed E-state index contributed by atoms with van der Waals surface area (Å²) in [6.07, 6.45) is 2.42. The minimum atomic E-state index is -2.32. The molecule has 2 rings (SSSR count). The smallest absolute Gasteiger partial charge is 0.182 e. The lowest BCUT2D eigenvalue weighted by molar-refractivity contribution is 0.944. The van der Waals surface area contributed by atoms with Crippen molar-refractivity contribution in [1.29, 1.82) is 0 Å². The van der Waals surface area contributed by atoms with Gasteiger partial charge in [-0.25, -0.2) is 15.0 Å². The predicted octanol–water partition coefficient (Wildman–Crippen LogP) is 1.02. The molecule has 0 aromatic carbocycles. The highest BCUT2D eigenvalue weighted by Gasteiger charge is 2.04. The highest BCUT2D eigenvalue weighted by Crippen LogP contribution is 2.15. The maximum Gasteiger partial charge on any atom is 0.182 e. The van der Waals surface area contributed by atoms with Crippen LogP contribution in [0.2, 0.25) is 5.15 Å². The molecule has 11 heavy (non-hydrogen) atoms. The average molecular weight is 172 g/mol. The first kappa shape index (κ1) is 4.01. The molecular weight excluding hydrogens is 164 g/mol. The molecule has 0 aliphatic heterocycles. The van der Waals surface area contributed by atoms with Crippen LogP contribution in [0.1, 0.15) is 4.11 Å². The van der Waals surface area contributed by atoms with E-state index in [1.165, 1.54) is 12.7 Å². The van der Waals surface area contributed by atoms with Gasteiger partial charge in [-0.1, -0.05) is 11.6 Å². The fraction of sp³-hybridized carbons (Fsp3) is 0.167. The second-order valence-corrected chi connectivity index (χ2v) is 2.31. The zero-order valence-corrected chi connectivity index (χ0v) is 6.08. The molecule has 0 aliphatic rings. The monoisotopic (exact) mass is 171 g/mol. The lowest BCUT2D eigenvalue weighted by Crippen LogP contribution is -1.87. The number of aromatic nitrogens is 4. The van der Waals surface area contributed by atoms with E-state index in [0.29, 0.717) is 0 Å². The molecule has 0 N–H and O–H groups in total. The summed E-state index contributed by atoms with van der Waals surface area (Å²) < 4.78 is 22.6. The van der Waals surface area contributed by atoms with Gasteiger partial charge in [0.1, 0.15) is 11.8 Å². The molecule has 4 nitrogen and oxygen atoms in total. The van der Waals surface area contributed by atoms with Gasteiger partial charge >= 0.3 is 0 Å². The van der Waals surface area contributed by atoms with Crippen molar-refractivity contribution in [3.63, 3.8) is 0 Å². The van der Waals surface area contributed by atoms with E-state index < -0.39 is 6.98 Å². The second kappa shape index (κ2) is 2.17. The first-order chi connectivity index (χ1) is 6.50. The van der Waals surface area contributed by atoms with Crippen molar-refractivity contribution >= 4 is 22.8 Å². The van der Waals surface area contributed by atoms with Crippen LogP contribution in [-0.2, 0) is 6.98 Å². The molecule has 0 bridgehead atoms. The summed E-state index contributed by atoms with van der Waals surface area (Å²) in [5, 5.41) is 0.0867. The molecule has 0 fully saturated rings. The molecule has 0 aliphatic carbocycles. The van der Waals surface area contributed by atoms with Crippen LogP contribution < -0.4 is 0 Å². The predicted molar refractivity (Wildman–Crippen MR) is 41.3 cm³/mol. The Hall–Kier alpha value is -1.16. The van der Waals surface area contributed by atoms with Crippen molar-refractivity contribution in [2.75, 3.05) is 0 Å². The van der Waals surface area contributed by atoms with Gasteiger partial charge in [-0.3, -0.25) is 0 Å². The third-order valence-electron chi connectivity index (χ3n) is 1.29. The number of fused-ring (bicyclic) bond motifs is 1. The Balaban J connectivity index is 2.80. The van der Waals surface area contributed by atoms with Gasteiger partial charge in [-0.15, -0.1) is 0 Å². The zero-order chi connectivity index (χ0) is 10.3. The fourth-order valence-corrected chi connectivity index (χ4v) is 1.04. The van der Waals surface area contributed by atoms with Crippen LogP contribution in [0.15, 0.2) is 12.7 Å². The van der Waals surface area contributed by atoms with Gasteiger partial charge in [0.2, 0.25) is 0 Å². The Bertz CT molecular complexity index is 477. The van der Waals surface area contributed by atoms with E-state index in [-0.39, 0.29) is 16.3 Å². The molecular formula is C6H5ClN4. The minimum absolute atomic E-state index is 0.0867. The summed E-state index contributed by atoms with van der Waals surface area (Å²) in [5.74, 6) is 0. The van der Waals surface area contributed by atoms with E-state index >= 15 is 0 Å². The summed E-state index contributed by atoms with van der Waals surface area (Å²) in [4.78, 5) is 11.3. The topological polar surface area (TPSA) is 43.6 Å². The Morgan fingerprint density at radius 3 is 3.27 bits per heavy atom. The van der Waals surface area contributed by atoms with Gasteiger partial charge in [0.25, 0.3) is 0 Å². The first-order valence-electron chi connectivity index (χ1n) is 4.34. The summed E-state index contributed by atoms with van der Waals surface area (Å²) in [7, 11) is 0. The van der Waals surface area contributed by atoms with Gasteiger partial charge < -0.3 is 4.57 Å². The van der Waals surface area contributed by atoms with Gasteiger partial charge in [0.05, 0.1) is 6.33 Å². The quantitative estimate of drug-likeness (QED) is 0.556. The van der Waals surface area contributed by atoms with Gasteiger partial charge in [-0.2, -0.15) is 0 Å². The van der Waals surface area contributed by atoms with Crippen LogP contribution in [0.3, 0.4) is 0 Å². The molecule has 0 spiro atoms. The number of hydrogen-bond acceptors (Lipinski definition) is 3. The molecule has 0 saturated heterocycles. The average Bonchev–Trinajstić information content (AvgIpc) is 2.47. The second-order valence-electron chi connectivity index (χ2n) is 1.95. The fourth-order valence-electron chi connectivity index (χ4n) is 0.821. The van der Waals surface area contributed by atoms with Gasteiger partial charge in [-0.05, 0) is 0 Å². The maximum absolute atomic E-state index is 7.21. The van der Waals surface area contributed by atoms with E-state index in [1.54, 1.807) is 0 Å². The SMILES string of the molecule is [2H]C([2H])([2H])n1cnc2ncnc(Cl)c21. The molecule has 0 amide bonds. The van der Waals surface area contributed by atoms with Crippen LogP contribution in [0.5, 0.6) is 0 Å². The summed E-state index contributed by atoms with van der Waals surface area (Å²) in [6.45, 7) is -2.32. The van der Waals surface area contributed by atoms with Crippen molar-refractivity contribution in [2.24, 2.45) is 6.98 Å². The van der Waals surface area contributed by atoms with Crippen LogP contribution in [-0.4, -0.2) is 19.5 Å². The standard InChI is InChI=1S/C6H5ClN4/c1-11-3-10-6-4(11)5(7)8-2-9-6/h2-3H,1H3/i1D3. The van der Waals surface area contributed by atoms with Crippen LogP contribution in [0, 0.1) is 0 Å². The highest BCUT2D eigenvalue weighted by molar-refractivity contribution is 6.33. The van der Waals surface area contributed by atoms with Crippen LogP contribution in [0.4, 0.5) is 0 Å². The molecule has 56 valence electrons. The van der Waals surface area contributed by atoms with Gasteiger partial charge in [0.15, 0.2) is 10.8 Å². The highest BCUT2D eigenvalue weighted by atomic mass is 35.5. The molecule has 0 radical (unpaired) electrons. The van der Waals surface area contributed by atoms with Gasteiger partial charge in [0, 0.05) is 11.1 Å². The molecule has 0 unspecified atom stereocenters. The Morgan fingerprint density at radius 2 is 2.45 bits per heavy atom. The van der Waals surface area contributed by atoms with Crippen molar-refractivity contribution in [2.45, 2.75) is 0 Å². The number of imidazole rings is 1. The Morgan fingerprint density at radius 1 is 1.55 bits per heavy atom. The Labute approximate surface area is 72.1 Å². The van der Waals surface area contributed by atoms with Crippen molar-refractivity contribution in [1.82, 2.24) is 19.5 Å². The van der Waals surface area contributed by atoms with E-state index in [4.69, 9.17) is 15.7 Å². The lowest BCUT2D eigenvalue weighted by Gasteiger charge is -1.93. The number of hydrogen-bond donors (Lipinski definition) is 0. The number of halogens is 1. The van der Waals surface area contributed by atoms with E-state index in [1.807, 2.05) is 0 Å². The largest absolute Gasteiger partial charge is 0.330 e. The normalized spacial score (nSPS) is 15.9. The van der Waals surface area contributed by atoms with Crippen molar-refractivity contribution in [3.05, 3.63) is 17.8 Å². The lowest BCUT2D eigenvalue weighted by atomic mass is 10.5. The Kier molecular flexibility index (Phi) is 0.790. The summed E-state index contributed by atoms with van der Waals surface area (Å²) in [6, 6.07) is 0. The molecule has 5 heteroatoms. The molecule has 2 aromatic heterocycles. The maximum atomic E-state index is 7.21. The molecule has 0 atom stereocenters. The zero-order valence-electron chi connectivity index (χ0n) is 8.32. The molecule has 2 aromatic rings. The van der Waals surface area contributed by atoms with Crippen molar-refractivity contribution < 1.29 is 4.11 Å². The number of aryl methyl sites for hydroxylation is 1. The minimum Gasteiger partial charge on any atom is -0.330 e. The molecule has 0 saturated carbocycles. The van der Waals surface area contributed by atoms with Crippen LogP contribution >= 0.6 is 11.6 Å². The summed E-state index contributed by atoms with van der Waals surface area (Å²) >= 11 is 5.75.